The number of aromatic amines is 6. The molecule has 0 aromatic carbocycles. The van der Waals surface area contributed by atoms with Gasteiger partial charge >= 0.3 is 0 Å². The molecule has 544 valence electrons. The van der Waals surface area contributed by atoms with Gasteiger partial charge in [0.05, 0.1) is 6.20 Å². The number of aryl methyl sites for hydroxylation is 13. The smallest absolute Gasteiger partial charge is 0.213 e. The second-order valence-corrected chi connectivity index (χ2v) is 15.8. The molecule has 29 nitrogen and oxygen atoms in total. The van der Waals surface area contributed by atoms with E-state index in [0.29, 0.717) is 11.8 Å². The number of nitrogens with one attached hydrogen (secondary N) is 6. The molecule has 0 amide bonds. The maximum atomic E-state index is 4.86. The van der Waals surface area contributed by atoms with Crippen LogP contribution >= 0.6 is 22.9 Å². The Morgan fingerprint density at radius 1 is 0.421 bits per heavy atom. The van der Waals surface area contributed by atoms with Crippen molar-refractivity contribution < 1.29 is 4.42 Å². The Hall–Kier alpha value is -9.13. The van der Waals surface area contributed by atoms with Gasteiger partial charge in [-0.15, -0.1) is 41.9 Å². The topological polar surface area (TPSA) is 368 Å². The van der Waals surface area contributed by atoms with Crippen molar-refractivity contribution in [3.8, 4) is 0 Å². The Labute approximate surface area is 581 Å². The van der Waals surface area contributed by atoms with Crippen LogP contribution in [0.2, 0.25) is 0 Å². The zero-order chi connectivity index (χ0) is 75.7. The fraction of sp³-hybridized carbons (Fsp3) is 0.547. The van der Waals surface area contributed by atoms with E-state index in [4.69, 9.17) is 4.42 Å². The number of H-pyrrole nitrogens is 6. The highest BCUT2D eigenvalue weighted by Gasteiger charge is 1.89. The first-order chi connectivity index (χ1) is 46.1. The van der Waals surface area contributed by atoms with E-state index >= 15 is 0 Å². The third-order valence-corrected chi connectivity index (χ3v) is 8.16. The van der Waals surface area contributed by atoms with Crippen molar-refractivity contribution in [2.75, 3.05) is 0 Å². The first kappa shape index (κ1) is 110. The van der Waals surface area contributed by atoms with Gasteiger partial charge < -0.3 is 8.98 Å². The minimum atomic E-state index is 0.623. The molecule has 0 bridgehead atoms. The lowest BCUT2D eigenvalue weighted by Crippen LogP contribution is -1.83. The van der Waals surface area contributed by atoms with Crippen molar-refractivity contribution in [1.82, 2.24) is 140 Å². The highest BCUT2D eigenvalue weighted by Crippen LogP contribution is 1.98. The molecule has 0 saturated heterocycles. The van der Waals surface area contributed by atoms with Crippen LogP contribution in [0.1, 0.15) is 208 Å². The standard InChI is InChI=1S/C4H6N2O.4C4H6N2.C4H5NS.5C3H5N3.C3H4N2S.11C2H6/c1-3-5-6-4(2)7-3;1-4-2-5-6-3-4;1-6-4-2-3-5-6;3*1-4-2-3-5-6-4;1-6-2-4-5-3-6;1-6-3-4-2-5-6;3*1-3-4-2-5-6-3;1-3-5-4-2-6-3;11*1-2/h1-2H3;2-3H,1H3,(H,5,6);2-4H,1H3;2*2-3H,1H3,(H,5,6);3*2-3H,1H3;3*2H,1H3,(H,4,5,6);2H,1H3;11*1-2H3. The fourth-order valence-corrected chi connectivity index (χ4v) is 4.28. The molecule has 12 aromatic heterocycles. The van der Waals surface area contributed by atoms with Crippen LogP contribution in [-0.2, 0) is 21.1 Å². The van der Waals surface area contributed by atoms with E-state index in [9.17, 15) is 0 Å². The molecule has 0 spiro atoms. The summed E-state index contributed by atoms with van der Waals surface area (Å²) in [7, 11) is 5.59. The largest absolute Gasteiger partial charge is 0.426 e. The van der Waals surface area contributed by atoms with E-state index in [2.05, 4.69) is 126 Å². The minimum Gasteiger partial charge on any atom is -0.426 e. The summed E-state index contributed by atoms with van der Waals surface area (Å²) in [5.41, 5.74) is 5.11. The van der Waals surface area contributed by atoms with Gasteiger partial charge in [0.25, 0.3) is 0 Å². The third kappa shape index (κ3) is 98.6. The van der Waals surface area contributed by atoms with E-state index in [1.54, 1.807) is 94.6 Å². The molecule has 0 atom stereocenters. The summed E-state index contributed by atoms with van der Waals surface area (Å²) in [4.78, 5) is 16.2. The van der Waals surface area contributed by atoms with Gasteiger partial charge in [-0.2, -0.15) is 40.8 Å². The Bertz CT molecular complexity index is 2170. The molecule has 0 saturated carbocycles. The fourth-order valence-electron chi connectivity index (χ4n) is 3.53. The van der Waals surface area contributed by atoms with Crippen LogP contribution in [0.4, 0.5) is 0 Å². The number of nitrogens with zero attached hydrogens (tertiary/aromatic N) is 22. The molecule has 0 aliphatic rings. The summed E-state index contributed by atoms with van der Waals surface area (Å²) in [6.07, 6.45) is 23.4. The van der Waals surface area contributed by atoms with Gasteiger partial charge in [-0.05, 0) is 96.8 Å². The quantitative estimate of drug-likeness (QED) is 0.0821. The van der Waals surface area contributed by atoms with Crippen molar-refractivity contribution in [3.05, 3.63) is 174 Å². The number of hydrogen-bond donors (Lipinski definition) is 6. The van der Waals surface area contributed by atoms with Crippen molar-refractivity contribution in [2.45, 2.75) is 222 Å². The van der Waals surface area contributed by atoms with E-state index in [1.807, 2.05) is 266 Å². The summed E-state index contributed by atoms with van der Waals surface area (Å²) < 4.78 is 13.9. The van der Waals surface area contributed by atoms with Gasteiger partial charge in [0.1, 0.15) is 72.3 Å². The van der Waals surface area contributed by atoms with Crippen molar-refractivity contribution in [2.24, 2.45) is 21.1 Å². The SMILES string of the molecule is CC.CC.CC.CC.CC.CC.CC.CC.CC.CC.CC.Cc1ccn[nH]1.Cc1ccn[nH]1.Cc1ccns1.Cc1cn[nH]c1.Cc1ncn[nH]1.Cc1ncn[nH]1.Cc1ncn[nH]1.Cc1nnc(C)o1.Cc1nncs1.Cn1cccn1.Cn1cncn1.Cn1cnnc1. The van der Waals surface area contributed by atoms with Crippen LogP contribution in [0, 0.1) is 69.2 Å². The predicted octanol–water partition coefficient (Wildman–Crippen LogP) is 16.8. The van der Waals surface area contributed by atoms with E-state index in [1.165, 1.54) is 47.3 Å². The zero-order valence-electron chi connectivity index (χ0n) is 65.0. The highest BCUT2D eigenvalue weighted by molar-refractivity contribution is 7.09. The van der Waals surface area contributed by atoms with Gasteiger partial charge in [-0.25, -0.2) is 24.3 Å². The minimum absolute atomic E-state index is 0.623. The summed E-state index contributed by atoms with van der Waals surface area (Å²) in [5.74, 6) is 3.81. The lowest BCUT2D eigenvalue weighted by atomic mass is 10.4. The van der Waals surface area contributed by atoms with Crippen LogP contribution in [0.25, 0.3) is 0 Å². The van der Waals surface area contributed by atoms with Gasteiger partial charge in [0.2, 0.25) is 11.8 Å². The summed E-state index contributed by atoms with van der Waals surface area (Å²) >= 11 is 3.08. The molecule has 95 heavy (non-hydrogen) atoms. The summed E-state index contributed by atoms with van der Waals surface area (Å²) in [6, 6.07) is 7.71. The van der Waals surface area contributed by atoms with E-state index < -0.39 is 0 Å². The molecule has 31 heteroatoms. The second kappa shape index (κ2) is 101. The van der Waals surface area contributed by atoms with Crippen LogP contribution in [0.5, 0.6) is 0 Å². The molecular formula is C64H130N28OS2. The molecule has 12 rings (SSSR count). The average Bonchev–Trinajstić information content (AvgIpc) is 4.66. The molecule has 0 unspecified atom stereocenters. The van der Waals surface area contributed by atoms with Crippen molar-refractivity contribution in [3.63, 3.8) is 0 Å². The number of aromatic nitrogens is 28. The molecule has 0 radical (unpaired) electrons. The Morgan fingerprint density at radius 3 is 0.947 bits per heavy atom. The Morgan fingerprint density at radius 2 is 0.853 bits per heavy atom. The highest BCUT2D eigenvalue weighted by atomic mass is 32.1. The zero-order valence-corrected chi connectivity index (χ0v) is 66.7. The second-order valence-electron chi connectivity index (χ2n) is 13.8. The molecule has 0 fully saturated rings. The van der Waals surface area contributed by atoms with Crippen molar-refractivity contribution in [1.29, 1.82) is 0 Å². The number of rotatable bonds is 0. The summed E-state index contributed by atoms with van der Waals surface area (Å²) in [5, 5.41) is 68.1. The molecule has 6 N–H and O–H groups in total. The molecule has 12 aromatic rings. The van der Waals surface area contributed by atoms with Crippen molar-refractivity contribution >= 4 is 22.9 Å². The molecule has 12 heterocycles. The maximum Gasteiger partial charge on any atom is 0.213 e. The van der Waals surface area contributed by atoms with E-state index in [-0.39, 0.29) is 0 Å². The van der Waals surface area contributed by atoms with Crippen LogP contribution in [0.15, 0.2) is 122 Å². The van der Waals surface area contributed by atoms with Gasteiger partial charge in [0, 0.05) is 88.4 Å². The Kier molecular flexibility index (Phi) is 117. The van der Waals surface area contributed by atoms with Gasteiger partial charge in [-0.1, -0.05) is 152 Å². The van der Waals surface area contributed by atoms with Gasteiger partial charge in [-0.3, -0.25) is 40.0 Å². The van der Waals surface area contributed by atoms with Crippen LogP contribution < -0.4 is 0 Å². The maximum absolute atomic E-state index is 4.86. The summed E-state index contributed by atoms with van der Waals surface area (Å²) in [6.45, 7) is 63.0. The molecule has 0 aliphatic heterocycles. The third-order valence-electron chi connectivity index (χ3n) is 6.89. The lowest BCUT2D eigenvalue weighted by Gasteiger charge is -1.77. The first-order valence-corrected chi connectivity index (χ1v) is 34.0. The van der Waals surface area contributed by atoms with E-state index in [0.717, 1.165) is 33.9 Å². The first-order valence-electron chi connectivity index (χ1n) is 32.3. The molecular weight excluding hydrogens is 1240 g/mol. The molecule has 0 aliphatic carbocycles. The van der Waals surface area contributed by atoms with Crippen LogP contribution in [-0.4, -0.2) is 140 Å². The normalized spacial score (nSPS) is 7.53. The predicted molar refractivity (Wildman–Crippen MR) is 399 cm³/mol. The van der Waals surface area contributed by atoms with Gasteiger partial charge in [0.15, 0.2) is 0 Å². The lowest BCUT2D eigenvalue weighted by molar-refractivity contribution is 0.489. The monoisotopic (exact) mass is 1370 g/mol. The average molecular weight is 1370 g/mol. The Balaban J connectivity index is -0.0000000877. The number of hydrogen-bond acceptors (Lipinski definition) is 22. The van der Waals surface area contributed by atoms with Crippen LogP contribution in [0.3, 0.4) is 0 Å².